The van der Waals surface area contributed by atoms with Gasteiger partial charge in [-0.3, -0.25) is 0 Å². The molecule has 1 heterocycles. The highest BCUT2D eigenvalue weighted by molar-refractivity contribution is 5.54. The summed E-state index contributed by atoms with van der Waals surface area (Å²) in [5.41, 5.74) is 2.02. The first-order chi connectivity index (χ1) is 9.11. The molecule has 1 aliphatic heterocycles. The molecular formula is C15H24N2O2. The summed E-state index contributed by atoms with van der Waals surface area (Å²) < 4.78 is 5.54. The fourth-order valence-electron chi connectivity index (χ4n) is 2.56. The van der Waals surface area contributed by atoms with Gasteiger partial charge >= 0.3 is 0 Å². The van der Waals surface area contributed by atoms with E-state index in [9.17, 15) is 5.11 Å². The molecule has 0 saturated carbocycles. The molecule has 4 heteroatoms. The third-order valence-electron chi connectivity index (χ3n) is 3.60. The minimum Gasteiger partial charge on any atom is -0.508 e. The van der Waals surface area contributed by atoms with E-state index >= 15 is 0 Å². The van der Waals surface area contributed by atoms with E-state index in [4.69, 9.17) is 4.74 Å². The SMILES string of the molecule is CCNC(C)c1ccc(N2CCOC(C)C2)cc1O. The van der Waals surface area contributed by atoms with Gasteiger partial charge in [-0.2, -0.15) is 0 Å². The van der Waals surface area contributed by atoms with E-state index in [0.717, 1.165) is 37.5 Å². The smallest absolute Gasteiger partial charge is 0.122 e. The van der Waals surface area contributed by atoms with Crippen LogP contribution in [0.1, 0.15) is 32.4 Å². The van der Waals surface area contributed by atoms with Crippen molar-refractivity contribution in [1.29, 1.82) is 0 Å². The van der Waals surface area contributed by atoms with Gasteiger partial charge in [0.1, 0.15) is 5.75 Å². The Labute approximate surface area is 115 Å². The van der Waals surface area contributed by atoms with E-state index < -0.39 is 0 Å². The van der Waals surface area contributed by atoms with E-state index in [0.29, 0.717) is 5.75 Å². The summed E-state index contributed by atoms with van der Waals surface area (Å²) in [7, 11) is 0. The van der Waals surface area contributed by atoms with Crippen LogP contribution in [0, 0.1) is 0 Å². The second kappa shape index (κ2) is 6.26. The summed E-state index contributed by atoms with van der Waals surface area (Å²) in [6, 6.07) is 6.13. The summed E-state index contributed by atoms with van der Waals surface area (Å²) in [4.78, 5) is 2.26. The predicted molar refractivity (Wildman–Crippen MR) is 77.8 cm³/mol. The Kier molecular flexibility index (Phi) is 4.66. The average molecular weight is 264 g/mol. The van der Waals surface area contributed by atoms with Gasteiger partial charge in [0.15, 0.2) is 0 Å². The highest BCUT2D eigenvalue weighted by atomic mass is 16.5. The maximum Gasteiger partial charge on any atom is 0.122 e. The highest BCUT2D eigenvalue weighted by Gasteiger charge is 2.18. The summed E-state index contributed by atoms with van der Waals surface area (Å²) in [6.07, 6.45) is 0.247. The molecular weight excluding hydrogens is 240 g/mol. The summed E-state index contributed by atoms with van der Waals surface area (Å²) >= 11 is 0. The highest BCUT2D eigenvalue weighted by Crippen LogP contribution is 2.29. The van der Waals surface area contributed by atoms with Crippen molar-refractivity contribution in [3.8, 4) is 5.75 Å². The fraction of sp³-hybridized carbons (Fsp3) is 0.600. The van der Waals surface area contributed by atoms with Crippen molar-refractivity contribution in [1.82, 2.24) is 5.32 Å². The van der Waals surface area contributed by atoms with Gasteiger partial charge in [0, 0.05) is 36.4 Å². The number of hydrogen-bond acceptors (Lipinski definition) is 4. The molecule has 2 atom stereocenters. The fourth-order valence-corrected chi connectivity index (χ4v) is 2.56. The average Bonchev–Trinajstić information content (AvgIpc) is 2.38. The zero-order valence-corrected chi connectivity index (χ0v) is 12.0. The molecule has 19 heavy (non-hydrogen) atoms. The molecule has 1 aromatic carbocycles. The van der Waals surface area contributed by atoms with E-state index in [1.165, 1.54) is 0 Å². The molecule has 0 bridgehead atoms. The van der Waals surface area contributed by atoms with Crippen LogP contribution < -0.4 is 10.2 Å². The first-order valence-electron chi connectivity index (χ1n) is 7.04. The predicted octanol–water partition coefficient (Wildman–Crippen LogP) is 2.29. The van der Waals surface area contributed by atoms with E-state index in [1.54, 1.807) is 0 Å². The van der Waals surface area contributed by atoms with Crippen LogP contribution in [0.5, 0.6) is 5.75 Å². The number of anilines is 1. The largest absolute Gasteiger partial charge is 0.508 e. The normalized spacial score (nSPS) is 21.4. The van der Waals surface area contributed by atoms with Crippen LogP contribution in [0.15, 0.2) is 18.2 Å². The van der Waals surface area contributed by atoms with Gasteiger partial charge in [0.25, 0.3) is 0 Å². The monoisotopic (exact) mass is 264 g/mol. The lowest BCUT2D eigenvalue weighted by atomic mass is 10.1. The molecule has 0 radical (unpaired) electrons. The Bertz CT molecular complexity index is 423. The van der Waals surface area contributed by atoms with E-state index in [-0.39, 0.29) is 12.1 Å². The Morgan fingerprint density at radius 2 is 2.32 bits per heavy atom. The Morgan fingerprint density at radius 3 is 2.95 bits per heavy atom. The van der Waals surface area contributed by atoms with E-state index in [1.807, 2.05) is 12.1 Å². The van der Waals surface area contributed by atoms with Crippen LogP contribution in [0.3, 0.4) is 0 Å². The number of ether oxygens (including phenoxy) is 1. The zero-order chi connectivity index (χ0) is 13.8. The number of morpholine rings is 1. The lowest BCUT2D eigenvalue weighted by Gasteiger charge is -2.33. The minimum atomic E-state index is 0.169. The number of aromatic hydroxyl groups is 1. The van der Waals surface area contributed by atoms with Gasteiger partial charge in [-0.25, -0.2) is 0 Å². The first kappa shape index (κ1) is 14.2. The van der Waals surface area contributed by atoms with Crippen molar-refractivity contribution in [3.05, 3.63) is 23.8 Å². The Hall–Kier alpha value is -1.26. The maximum absolute atomic E-state index is 10.2. The van der Waals surface area contributed by atoms with Gasteiger partial charge < -0.3 is 20.1 Å². The Balaban J connectivity index is 2.14. The number of nitrogens with one attached hydrogen (secondary N) is 1. The van der Waals surface area contributed by atoms with Gasteiger partial charge in [-0.05, 0) is 26.5 Å². The third-order valence-corrected chi connectivity index (χ3v) is 3.60. The standard InChI is InChI=1S/C15H24N2O2/c1-4-16-12(3)14-6-5-13(9-15(14)18)17-7-8-19-11(2)10-17/h5-6,9,11-12,16,18H,4,7-8,10H2,1-3H3. The number of benzene rings is 1. The molecule has 2 unspecified atom stereocenters. The molecule has 106 valence electrons. The molecule has 1 saturated heterocycles. The Morgan fingerprint density at radius 1 is 1.53 bits per heavy atom. The number of rotatable bonds is 4. The van der Waals surface area contributed by atoms with Crippen molar-refractivity contribution in [2.45, 2.75) is 32.9 Å². The second-order valence-corrected chi connectivity index (χ2v) is 5.15. The summed E-state index contributed by atoms with van der Waals surface area (Å²) in [5.74, 6) is 0.366. The lowest BCUT2D eigenvalue weighted by Crippen LogP contribution is -2.41. The molecule has 2 rings (SSSR count). The zero-order valence-electron chi connectivity index (χ0n) is 12.0. The molecule has 1 aliphatic rings. The van der Waals surface area contributed by atoms with Crippen LogP contribution in [0.25, 0.3) is 0 Å². The molecule has 1 aromatic rings. The van der Waals surface area contributed by atoms with Crippen molar-refractivity contribution in [2.75, 3.05) is 31.1 Å². The van der Waals surface area contributed by atoms with E-state index in [2.05, 4.69) is 37.1 Å². The van der Waals surface area contributed by atoms with Crippen LogP contribution in [-0.2, 0) is 4.74 Å². The van der Waals surface area contributed by atoms with Crippen LogP contribution in [0.4, 0.5) is 5.69 Å². The van der Waals surface area contributed by atoms with Gasteiger partial charge in [-0.15, -0.1) is 0 Å². The van der Waals surface area contributed by atoms with Gasteiger partial charge in [0.2, 0.25) is 0 Å². The molecule has 2 N–H and O–H groups in total. The molecule has 0 spiro atoms. The summed E-state index contributed by atoms with van der Waals surface area (Å²) in [5, 5.41) is 13.5. The van der Waals surface area contributed by atoms with Crippen molar-refractivity contribution in [2.24, 2.45) is 0 Å². The van der Waals surface area contributed by atoms with Gasteiger partial charge in [-0.1, -0.05) is 13.0 Å². The van der Waals surface area contributed by atoms with Crippen molar-refractivity contribution in [3.63, 3.8) is 0 Å². The first-order valence-corrected chi connectivity index (χ1v) is 7.04. The van der Waals surface area contributed by atoms with Crippen LogP contribution in [0.2, 0.25) is 0 Å². The number of nitrogens with zero attached hydrogens (tertiary/aromatic N) is 1. The maximum atomic E-state index is 10.2. The topological polar surface area (TPSA) is 44.7 Å². The quantitative estimate of drug-likeness (QED) is 0.876. The third kappa shape index (κ3) is 3.39. The number of phenolic OH excluding ortho intramolecular Hbond substituents is 1. The van der Waals surface area contributed by atoms with Crippen LogP contribution in [-0.4, -0.2) is 37.5 Å². The number of phenols is 1. The molecule has 0 amide bonds. The van der Waals surface area contributed by atoms with Crippen LogP contribution >= 0.6 is 0 Å². The van der Waals surface area contributed by atoms with Crippen molar-refractivity contribution >= 4 is 5.69 Å². The minimum absolute atomic E-state index is 0.169. The van der Waals surface area contributed by atoms with Crippen molar-refractivity contribution < 1.29 is 9.84 Å². The lowest BCUT2D eigenvalue weighted by molar-refractivity contribution is 0.0532. The van der Waals surface area contributed by atoms with Gasteiger partial charge in [0.05, 0.1) is 12.7 Å². The second-order valence-electron chi connectivity index (χ2n) is 5.15. The molecule has 4 nitrogen and oxygen atoms in total. The molecule has 0 aromatic heterocycles. The molecule has 0 aliphatic carbocycles. The number of hydrogen-bond donors (Lipinski definition) is 2. The summed E-state index contributed by atoms with van der Waals surface area (Å²) in [6.45, 7) is 9.61. The molecule has 1 fully saturated rings.